The van der Waals surface area contributed by atoms with Gasteiger partial charge in [-0.25, -0.2) is 9.78 Å². The number of anilines is 1. The maximum absolute atomic E-state index is 10.8. The smallest absolute Gasteiger partial charge is 0.328 e. The van der Waals surface area contributed by atoms with Crippen LogP contribution in [0.1, 0.15) is 31.4 Å². The fraction of sp³-hybridized carbons (Fsp3) is 0.467. The van der Waals surface area contributed by atoms with Gasteiger partial charge in [0.25, 0.3) is 0 Å². The van der Waals surface area contributed by atoms with Crippen molar-refractivity contribution in [3.63, 3.8) is 0 Å². The van der Waals surface area contributed by atoms with Crippen molar-refractivity contribution in [1.29, 1.82) is 0 Å². The molecule has 6 heteroatoms. The highest BCUT2D eigenvalue weighted by Crippen LogP contribution is 2.29. The quantitative estimate of drug-likeness (QED) is 0.862. The molecule has 0 atom stereocenters. The molecule has 3 rings (SSSR count). The number of imidazole rings is 1. The summed E-state index contributed by atoms with van der Waals surface area (Å²) in [7, 11) is 2.04. The molecule has 21 heavy (non-hydrogen) atoms. The maximum atomic E-state index is 10.8. The summed E-state index contributed by atoms with van der Waals surface area (Å²) < 4.78 is 1.95. The molecule has 112 valence electrons. The zero-order valence-corrected chi connectivity index (χ0v) is 12.8. The van der Waals surface area contributed by atoms with Crippen molar-refractivity contribution in [3.05, 3.63) is 23.3 Å². The lowest BCUT2D eigenvalue weighted by molar-refractivity contribution is -0.131. The Morgan fingerprint density at radius 2 is 2.33 bits per heavy atom. The number of hydrogen-bond acceptors (Lipinski definition) is 4. The van der Waals surface area contributed by atoms with Crippen molar-refractivity contribution in [3.8, 4) is 0 Å². The van der Waals surface area contributed by atoms with Gasteiger partial charge in [-0.15, -0.1) is 11.3 Å². The Morgan fingerprint density at radius 3 is 3.05 bits per heavy atom. The van der Waals surface area contributed by atoms with E-state index in [0.29, 0.717) is 0 Å². The molecule has 2 aromatic heterocycles. The zero-order valence-electron chi connectivity index (χ0n) is 12.0. The average Bonchev–Trinajstić information content (AvgIpc) is 3.12. The highest BCUT2D eigenvalue weighted by atomic mass is 32.1. The summed E-state index contributed by atoms with van der Waals surface area (Å²) in [6.07, 6.45) is 9.95. The number of carboxylic acids is 1. The van der Waals surface area contributed by atoms with Crippen molar-refractivity contribution in [2.75, 3.05) is 18.5 Å². The highest BCUT2D eigenvalue weighted by molar-refractivity contribution is 7.15. The lowest BCUT2D eigenvalue weighted by Gasteiger charge is -2.21. The van der Waals surface area contributed by atoms with Gasteiger partial charge in [0.05, 0.1) is 5.69 Å². The van der Waals surface area contributed by atoms with Crippen LogP contribution in [0, 0.1) is 5.92 Å². The van der Waals surface area contributed by atoms with Gasteiger partial charge >= 0.3 is 5.97 Å². The molecule has 0 saturated heterocycles. The topological polar surface area (TPSA) is 57.8 Å². The molecule has 0 unspecified atom stereocenters. The molecule has 1 aliphatic carbocycles. The zero-order chi connectivity index (χ0) is 14.8. The minimum atomic E-state index is -0.940. The number of nitrogens with zero attached hydrogens (tertiary/aromatic N) is 3. The summed E-state index contributed by atoms with van der Waals surface area (Å²) in [5, 5.41) is 10.8. The fourth-order valence-electron chi connectivity index (χ4n) is 3.04. The van der Waals surface area contributed by atoms with Crippen LogP contribution in [0.25, 0.3) is 11.0 Å². The van der Waals surface area contributed by atoms with E-state index in [2.05, 4.69) is 9.88 Å². The average molecular weight is 305 g/mol. The summed E-state index contributed by atoms with van der Waals surface area (Å²) in [6.45, 7) is 0.985. The first-order valence-corrected chi connectivity index (χ1v) is 8.11. The monoisotopic (exact) mass is 305 g/mol. The first-order valence-electron chi connectivity index (χ1n) is 7.23. The minimum absolute atomic E-state index is 0.728. The molecule has 0 bridgehead atoms. The van der Waals surface area contributed by atoms with E-state index in [0.717, 1.165) is 28.9 Å². The van der Waals surface area contributed by atoms with Crippen molar-refractivity contribution in [2.45, 2.75) is 25.7 Å². The Balaban J connectivity index is 1.90. The van der Waals surface area contributed by atoms with Crippen LogP contribution < -0.4 is 4.90 Å². The molecule has 0 aliphatic heterocycles. The van der Waals surface area contributed by atoms with Gasteiger partial charge in [0.2, 0.25) is 0 Å². The van der Waals surface area contributed by atoms with E-state index < -0.39 is 5.97 Å². The standard InChI is InChI=1S/C15H19N3O2S/c1-17(10-11-4-2-3-5-11)14-12(6-7-13(19)20)18-8-9-21-15(18)16-14/h6-9,11H,2-5,10H2,1H3,(H,19,20). The van der Waals surface area contributed by atoms with Gasteiger partial charge in [0.15, 0.2) is 10.8 Å². The molecule has 0 aromatic carbocycles. The van der Waals surface area contributed by atoms with Gasteiger partial charge in [-0.2, -0.15) is 0 Å². The van der Waals surface area contributed by atoms with Crippen LogP contribution in [0.15, 0.2) is 17.7 Å². The third kappa shape index (κ3) is 2.95. The van der Waals surface area contributed by atoms with Crippen molar-refractivity contribution < 1.29 is 9.90 Å². The van der Waals surface area contributed by atoms with Gasteiger partial charge in [-0.3, -0.25) is 4.40 Å². The maximum Gasteiger partial charge on any atom is 0.328 e. The van der Waals surface area contributed by atoms with Crippen molar-refractivity contribution in [2.24, 2.45) is 5.92 Å². The van der Waals surface area contributed by atoms with E-state index in [1.807, 2.05) is 23.0 Å². The Bertz CT molecular complexity index is 668. The fourth-order valence-corrected chi connectivity index (χ4v) is 3.76. The summed E-state index contributed by atoms with van der Waals surface area (Å²) in [6, 6.07) is 0. The van der Waals surface area contributed by atoms with E-state index in [1.165, 1.54) is 31.8 Å². The third-order valence-corrected chi connectivity index (χ3v) is 4.79. The second-order valence-electron chi connectivity index (χ2n) is 5.58. The van der Waals surface area contributed by atoms with Crippen LogP contribution in [-0.4, -0.2) is 34.1 Å². The van der Waals surface area contributed by atoms with Crippen molar-refractivity contribution >= 4 is 34.2 Å². The third-order valence-electron chi connectivity index (χ3n) is 4.03. The first-order chi connectivity index (χ1) is 10.1. The van der Waals surface area contributed by atoms with E-state index in [4.69, 9.17) is 5.11 Å². The molecular weight excluding hydrogens is 286 g/mol. The van der Waals surface area contributed by atoms with Crippen LogP contribution in [0.5, 0.6) is 0 Å². The predicted octanol–water partition coefficient (Wildman–Crippen LogP) is 3.12. The Morgan fingerprint density at radius 1 is 1.57 bits per heavy atom. The van der Waals surface area contributed by atoms with Gasteiger partial charge in [0, 0.05) is 31.2 Å². The number of rotatable bonds is 5. The molecular formula is C15H19N3O2S. The van der Waals surface area contributed by atoms with E-state index >= 15 is 0 Å². The molecule has 1 fully saturated rings. The largest absolute Gasteiger partial charge is 0.478 e. The van der Waals surface area contributed by atoms with E-state index in [9.17, 15) is 4.79 Å². The number of aliphatic carboxylic acids is 1. The number of aromatic nitrogens is 2. The molecule has 2 aromatic rings. The van der Waals surface area contributed by atoms with Crippen LogP contribution in [0.2, 0.25) is 0 Å². The van der Waals surface area contributed by atoms with Gasteiger partial charge in [0.1, 0.15) is 0 Å². The lowest BCUT2D eigenvalue weighted by atomic mass is 10.1. The predicted molar refractivity (Wildman–Crippen MR) is 85.0 cm³/mol. The van der Waals surface area contributed by atoms with Crippen LogP contribution in [-0.2, 0) is 4.79 Å². The summed E-state index contributed by atoms with van der Waals surface area (Å²) in [4.78, 5) is 18.5. The lowest BCUT2D eigenvalue weighted by Crippen LogP contribution is -2.25. The van der Waals surface area contributed by atoms with E-state index in [-0.39, 0.29) is 0 Å². The molecule has 2 heterocycles. The minimum Gasteiger partial charge on any atom is -0.478 e. The molecule has 1 aliphatic rings. The van der Waals surface area contributed by atoms with Gasteiger partial charge < -0.3 is 10.0 Å². The number of thiazole rings is 1. The number of carboxylic acid groups (broad SMARTS) is 1. The normalized spacial score (nSPS) is 16.2. The van der Waals surface area contributed by atoms with Gasteiger partial charge in [-0.1, -0.05) is 12.8 Å². The molecule has 1 N–H and O–H groups in total. The Labute approximate surface area is 127 Å². The van der Waals surface area contributed by atoms with Crippen LogP contribution >= 0.6 is 11.3 Å². The Hall–Kier alpha value is -1.82. The molecule has 0 radical (unpaired) electrons. The summed E-state index contributed by atoms with van der Waals surface area (Å²) in [5.74, 6) is 0.655. The molecule has 5 nitrogen and oxygen atoms in total. The Kier molecular flexibility index (Phi) is 3.96. The number of hydrogen-bond donors (Lipinski definition) is 1. The number of carbonyl (C=O) groups is 1. The van der Waals surface area contributed by atoms with Crippen molar-refractivity contribution in [1.82, 2.24) is 9.38 Å². The molecule has 0 amide bonds. The molecule has 1 saturated carbocycles. The first kappa shape index (κ1) is 14.1. The van der Waals surface area contributed by atoms with Gasteiger partial charge in [-0.05, 0) is 24.8 Å². The highest BCUT2D eigenvalue weighted by Gasteiger charge is 2.20. The SMILES string of the molecule is CN(CC1CCCC1)c1nc2sccn2c1C=CC(=O)O. The van der Waals surface area contributed by atoms with Crippen LogP contribution in [0.4, 0.5) is 5.82 Å². The summed E-state index contributed by atoms with van der Waals surface area (Å²) in [5.41, 5.74) is 0.842. The molecule has 0 spiro atoms. The second kappa shape index (κ2) is 5.89. The number of fused-ring (bicyclic) bond motifs is 1. The van der Waals surface area contributed by atoms with E-state index in [1.54, 1.807) is 17.4 Å². The second-order valence-corrected chi connectivity index (χ2v) is 6.45. The summed E-state index contributed by atoms with van der Waals surface area (Å²) >= 11 is 1.56. The van der Waals surface area contributed by atoms with Crippen LogP contribution in [0.3, 0.4) is 0 Å².